The van der Waals surface area contributed by atoms with Gasteiger partial charge in [0.1, 0.15) is 0 Å². The van der Waals surface area contributed by atoms with Gasteiger partial charge in [-0.25, -0.2) is 0 Å². The Hall–Kier alpha value is -1.35. The Bertz CT molecular complexity index is 577. The highest BCUT2D eigenvalue weighted by Crippen LogP contribution is 2.27. The molecular formula is C16H20ClN3. The molecule has 3 nitrogen and oxygen atoms in total. The van der Waals surface area contributed by atoms with Crippen LogP contribution in [0.25, 0.3) is 10.8 Å². The van der Waals surface area contributed by atoms with Crippen molar-refractivity contribution in [1.82, 2.24) is 10.2 Å². The van der Waals surface area contributed by atoms with Crippen molar-refractivity contribution in [2.24, 2.45) is 0 Å². The van der Waals surface area contributed by atoms with Crippen LogP contribution in [0.3, 0.4) is 0 Å². The number of nitrogens with zero attached hydrogens (tertiary/aromatic N) is 2. The van der Waals surface area contributed by atoms with Crippen molar-refractivity contribution in [2.45, 2.75) is 51.0 Å². The van der Waals surface area contributed by atoms with Gasteiger partial charge in [0.15, 0.2) is 11.0 Å². The topological polar surface area (TPSA) is 37.8 Å². The van der Waals surface area contributed by atoms with E-state index in [-0.39, 0.29) is 0 Å². The van der Waals surface area contributed by atoms with Gasteiger partial charge < -0.3 is 5.32 Å². The maximum atomic E-state index is 6.12. The van der Waals surface area contributed by atoms with Crippen molar-refractivity contribution >= 4 is 28.2 Å². The molecule has 4 heteroatoms. The third-order valence-electron chi connectivity index (χ3n) is 4.09. The first-order valence-electron chi connectivity index (χ1n) is 7.52. The van der Waals surface area contributed by atoms with Crippen molar-refractivity contribution in [1.29, 1.82) is 0 Å². The summed E-state index contributed by atoms with van der Waals surface area (Å²) in [6.45, 7) is 0. The SMILES string of the molecule is Clc1nnc(NC2CCCCCCC2)c2ccccc12. The molecule has 0 aliphatic heterocycles. The van der Waals surface area contributed by atoms with Gasteiger partial charge in [0.2, 0.25) is 0 Å². The zero-order chi connectivity index (χ0) is 13.8. The minimum absolute atomic E-state index is 0.476. The van der Waals surface area contributed by atoms with Gasteiger partial charge in [-0.3, -0.25) is 0 Å². The average molecular weight is 290 g/mol. The Kier molecular flexibility index (Phi) is 4.36. The largest absolute Gasteiger partial charge is 0.365 e. The van der Waals surface area contributed by atoms with E-state index in [1.165, 1.54) is 44.9 Å². The van der Waals surface area contributed by atoms with E-state index in [0.717, 1.165) is 16.6 Å². The lowest BCUT2D eigenvalue weighted by Crippen LogP contribution is -2.21. The second kappa shape index (κ2) is 6.40. The Morgan fingerprint density at radius 3 is 2.30 bits per heavy atom. The molecule has 1 aromatic carbocycles. The van der Waals surface area contributed by atoms with Crippen molar-refractivity contribution in [3.8, 4) is 0 Å². The lowest BCUT2D eigenvalue weighted by atomic mass is 9.96. The molecule has 0 saturated heterocycles. The predicted octanol–water partition coefficient (Wildman–Crippen LogP) is 4.81. The first kappa shape index (κ1) is 13.6. The summed E-state index contributed by atoms with van der Waals surface area (Å²) in [5, 5.41) is 14.4. The van der Waals surface area contributed by atoms with E-state index in [0.29, 0.717) is 11.2 Å². The molecule has 1 aliphatic carbocycles. The van der Waals surface area contributed by atoms with Crippen LogP contribution in [0.4, 0.5) is 5.82 Å². The number of nitrogens with one attached hydrogen (secondary N) is 1. The quantitative estimate of drug-likeness (QED) is 0.862. The van der Waals surface area contributed by atoms with E-state index in [4.69, 9.17) is 11.6 Å². The molecule has 1 heterocycles. The maximum Gasteiger partial charge on any atom is 0.159 e. The Labute approximate surface area is 124 Å². The number of hydrogen-bond acceptors (Lipinski definition) is 3. The number of rotatable bonds is 2. The molecule has 0 bridgehead atoms. The van der Waals surface area contributed by atoms with Crippen LogP contribution in [0.15, 0.2) is 24.3 Å². The van der Waals surface area contributed by atoms with E-state index in [9.17, 15) is 0 Å². The second-order valence-electron chi connectivity index (χ2n) is 5.57. The molecular weight excluding hydrogens is 270 g/mol. The summed E-state index contributed by atoms with van der Waals surface area (Å²) in [7, 11) is 0. The Balaban J connectivity index is 1.84. The second-order valence-corrected chi connectivity index (χ2v) is 5.93. The van der Waals surface area contributed by atoms with Crippen molar-refractivity contribution < 1.29 is 0 Å². The van der Waals surface area contributed by atoms with Crippen LogP contribution in [0.1, 0.15) is 44.9 Å². The van der Waals surface area contributed by atoms with Crippen molar-refractivity contribution in [3.63, 3.8) is 0 Å². The van der Waals surface area contributed by atoms with Crippen LogP contribution in [0, 0.1) is 0 Å². The summed E-state index contributed by atoms with van der Waals surface area (Å²) in [5.41, 5.74) is 0. The third-order valence-corrected chi connectivity index (χ3v) is 4.37. The van der Waals surface area contributed by atoms with Crippen LogP contribution >= 0.6 is 11.6 Å². The lowest BCUT2D eigenvalue weighted by molar-refractivity contribution is 0.470. The molecule has 1 saturated carbocycles. The van der Waals surface area contributed by atoms with E-state index < -0.39 is 0 Å². The molecule has 0 amide bonds. The maximum absolute atomic E-state index is 6.12. The van der Waals surface area contributed by atoms with E-state index in [1.54, 1.807) is 0 Å². The van der Waals surface area contributed by atoms with E-state index >= 15 is 0 Å². The van der Waals surface area contributed by atoms with Crippen LogP contribution in [0.2, 0.25) is 5.15 Å². The summed E-state index contributed by atoms with van der Waals surface area (Å²) in [6, 6.07) is 8.56. The highest BCUT2D eigenvalue weighted by atomic mass is 35.5. The lowest BCUT2D eigenvalue weighted by Gasteiger charge is -2.22. The molecule has 0 radical (unpaired) electrons. The van der Waals surface area contributed by atoms with Crippen LogP contribution in [-0.4, -0.2) is 16.2 Å². The van der Waals surface area contributed by atoms with Crippen molar-refractivity contribution in [2.75, 3.05) is 5.32 Å². The molecule has 0 spiro atoms. The van der Waals surface area contributed by atoms with Gasteiger partial charge in [0, 0.05) is 16.8 Å². The zero-order valence-electron chi connectivity index (χ0n) is 11.6. The number of fused-ring (bicyclic) bond motifs is 1. The number of benzene rings is 1. The molecule has 1 aromatic heterocycles. The van der Waals surface area contributed by atoms with Gasteiger partial charge in [-0.1, -0.05) is 68.0 Å². The fraction of sp³-hybridized carbons (Fsp3) is 0.500. The fourth-order valence-electron chi connectivity index (χ4n) is 2.97. The van der Waals surface area contributed by atoms with Gasteiger partial charge in [-0.05, 0) is 12.8 Å². The standard InChI is InChI=1S/C16H20ClN3/c17-15-13-10-6-7-11-14(13)16(20-19-15)18-12-8-4-2-1-3-5-9-12/h6-7,10-12H,1-5,8-9H2,(H,18,20). The summed E-state index contributed by atoms with van der Waals surface area (Å²) in [5.74, 6) is 0.871. The molecule has 106 valence electrons. The van der Waals surface area contributed by atoms with Gasteiger partial charge in [0.25, 0.3) is 0 Å². The molecule has 3 rings (SSSR count). The minimum Gasteiger partial charge on any atom is -0.365 e. The molecule has 0 unspecified atom stereocenters. The summed E-state index contributed by atoms with van der Waals surface area (Å²) >= 11 is 6.12. The van der Waals surface area contributed by atoms with E-state index in [1.807, 2.05) is 18.2 Å². The molecule has 0 atom stereocenters. The van der Waals surface area contributed by atoms with Crippen molar-refractivity contribution in [3.05, 3.63) is 29.4 Å². The monoisotopic (exact) mass is 289 g/mol. The van der Waals surface area contributed by atoms with Crippen LogP contribution < -0.4 is 5.32 Å². The molecule has 1 N–H and O–H groups in total. The normalized spacial score (nSPS) is 17.6. The smallest absolute Gasteiger partial charge is 0.159 e. The Morgan fingerprint density at radius 2 is 1.55 bits per heavy atom. The zero-order valence-corrected chi connectivity index (χ0v) is 12.4. The molecule has 2 aromatic rings. The van der Waals surface area contributed by atoms with Gasteiger partial charge in [-0.2, -0.15) is 0 Å². The summed E-state index contributed by atoms with van der Waals surface area (Å²) < 4.78 is 0. The van der Waals surface area contributed by atoms with E-state index in [2.05, 4.69) is 21.6 Å². The average Bonchev–Trinajstić information content (AvgIpc) is 2.44. The first-order chi connectivity index (χ1) is 9.84. The highest BCUT2D eigenvalue weighted by molar-refractivity contribution is 6.34. The number of aromatic nitrogens is 2. The summed E-state index contributed by atoms with van der Waals surface area (Å²) in [6.07, 6.45) is 9.14. The summed E-state index contributed by atoms with van der Waals surface area (Å²) in [4.78, 5) is 0. The van der Waals surface area contributed by atoms with Gasteiger partial charge >= 0.3 is 0 Å². The molecule has 1 aliphatic rings. The minimum atomic E-state index is 0.476. The van der Waals surface area contributed by atoms with Crippen LogP contribution in [-0.2, 0) is 0 Å². The van der Waals surface area contributed by atoms with Gasteiger partial charge in [-0.15, -0.1) is 10.2 Å². The number of anilines is 1. The highest BCUT2D eigenvalue weighted by Gasteiger charge is 2.14. The molecule has 1 fully saturated rings. The number of halogens is 1. The first-order valence-corrected chi connectivity index (χ1v) is 7.90. The predicted molar refractivity (Wildman–Crippen MR) is 84.3 cm³/mol. The molecule has 20 heavy (non-hydrogen) atoms. The number of hydrogen-bond donors (Lipinski definition) is 1. The third kappa shape index (κ3) is 3.04. The van der Waals surface area contributed by atoms with Crippen LogP contribution in [0.5, 0.6) is 0 Å². The van der Waals surface area contributed by atoms with Gasteiger partial charge in [0.05, 0.1) is 0 Å². The fourth-order valence-corrected chi connectivity index (χ4v) is 3.17. The Morgan fingerprint density at radius 1 is 0.900 bits per heavy atom.